The maximum atomic E-state index is 12.7. The number of para-hydroxylation sites is 1. The quantitative estimate of drug-likeness (QED) is 0.866. The molecule has 0 radical (unpaired) electrons. The molecule has 0 heterocycles. The number of benzene rings is 1. The van der Waals surface area contributed by atoms with Crippen molar-refractivity contribution in [1.82, 2.24) is 0 Å². The Bertz CT molecular complexity index is 349. The molecule has 0 aromatic heterocycles. The van der Waals surface area contributed by atoms with Crippen LogP contribution in [0.5, 0.6) is 0 Å². The van der Waals surface area contributed by atoms with Crippen LogP contribution in [0.25, 0.3) is 0 Å². The maximum Gasteiger partial charge on any atom is 0.409 e. The van der Waals surface area contributed by atoms with E-state index < -0.39 is 18.8 Å². The molecule has 2 N–H and O–H groups in total. The van der Waals surface area contributed by atoms with E-state index in [2.05, 4.69) is 0 Å². The number of aryl methyl sites for hydroxylation is 1. The van der Waals surface area contributed by atoms with Gasteiger partial charge in [0.2, 0.25) is 0 Å². The first-order valence-electron chi connectivity index (χ1n) is 4.93. The molecule has 0 bridgehead atoms. The molecule has 1 atom stereocenters. The van der Waals surface area contributed by atoms with Gasteiger partial charge in [0, 0.05) is 19.3 Å². The van der Waals surface area contributed by atoms with Crippen LogP contribution in [0.3, 0.4) is 0 Å². The van der Waals surface area contributed by atoms with Gasteiger partial charge in [0.05, 0.1) is 0 Å². The van der Waals surface area contributed by atoms with E-state index in [4.69, 9.17) is 5.73 Å². The maximum absolute atomic E-state index is 12.7. The second-order valence-corrected chi connectivity index (χ2v) is 3.69. The zero-order valence-electron chi connectivity index (χ0n) is 9.25. The predicted octanol–water partition coefficient (Wildman–Crippen LogP) is 2.32. The van der Waals surface area contributed by atoms with E-state index in [-0.39, 0.29) is 0 Å². The number of anilines is 1. The fraction of sp³-hybridized carbons (Fsp3) is 0.455. The van der Waals surface area contributed by atoms with Crippen LogP contribution in [0, 0.1) is 6.92 Å². The molecule has 0 spiro atoms. The van der Waals surface area contributed by atoms with Gasteiger partial charge in [-0.1, -0.05) is 18.2 Å². The minimum Gasteiger partial charge on any atom is -0.362 e. The summed E-state index contributed by atoms with van der Waals surface area (Å²) in [5, 5.41) is 0. The first-order valence-corrected chi connectivity index (χ1v) is 4.93. The van der Waals surface area contributed by atoms with Crippen molar-refractivity contribution in [2.45, 2.75) is 19.1 Å². The van der Waals surface area contributed by atoms with E-state index in [0.717, 1.165) is 5.56 Å². The summed E-state index contributed by atoms with van der Waals surface area (Å²) in [7, 11) is 1.41. The largest absolute Gasteiger partial charge is 0.409 e. The average molecular weight is 232 g/mol. The molecular formula is C11H15F3N2. The highest BCUT2D eigenvalue weighted by Crippen LogP contribution is 2.28. The number of halogens is 3. The van der Waals surface area contributed by atoms with Crippen LogP contribution >= 0.6 is 0 Å². The van der Waals surface area contributed by atoms with Crippen LogP contribution in [-0.2, 0) is 0 Å². The lowest BCUT2D eigenvalue weighted by Gasteiger charge is -2.31. The van der Waals surface area contributed by atoms with Crippen molar-refractivity contribution < 1.29 is 13.2 Å². The van der Waals surface area contributed by atoms with Gasteiger partial charge < -0.3 is 10.6 Å². The Morgan fingerprint density at radius 1 is 1.31 bits per heavy atom. The van der Waals surface area contributed by atoms with Gasteiger partial charge in [-0.05, 0) is 18.6 Å². The highest BCUT2D eigenvalue weighted by Gasteiger charge is 2.41. The smallest absolute Gasteiger partial charge is 0.362 e. The average Bonchev–Trinajstić information content (AvgIpc) is 2.17. The summed E-state index contributed by atoms with van der Waals surface area (Å²) in [5.74, 6) is 0. The van der Waals surface area contributed by atoms with Crippen LogP contribution in [0.1, 0.15) is 5.56 Å². The van der Waals surface area contributed by atoms with E-state index in [1.54, 1.807) is 31.2 Å². The Labute approximate surface area is 92.9 Å². The van der Waals surface area contributed by atoms with Crippen molar-refractivity contribution >= 4 is 5.69 Å². The van der Waals surface area contributed by atoms with Crippen LogP contribution < -0.4 is 10.6 Å². The molecule has 0 saturated heterocycles. The summed E-state index contributed by atoms with van der Waals surface area (Å²) in [5.41, 5.74) is 6.54. The number of alkyl halides is 3. The topological polar surface area (TPSA) is 29.3 Å². The Balaban J connectivity index is 3.01. The SMILES string of the molecule is Cc1ccccc1N(C)C(CN)C(F)(F)F. The molecule has 0 amide bonds. The Morgan fingerprint density at radius 2 is 1.88 bits per heavy atom. The Kier molecular flexibility index (Phi) is 3.80. The van der Waals surface area contributed by atoms with Crippen molar-refractivity contribution in [1.29, 1.82) is 0 Å². The molecule has 0 saturated carbocycles. The van der Waals surface area contributed by atoms with Crippen LogP contribution in [0.2, 0.25) is 0 Å². The van der Waals surface area contributed by atoms with E-state index in [1.807, 2.05) is 0 Å². The Morgan fingerprint density at radius 3 is 2.31 bits per heavy atom. The van der Waals surface area contributed by atoms with Crippen LogP contribution in [-0.4, -0.2) is 25.8 Å². The van der Waals surface area contributed by atoms with Crippen molar-refractivity contribution in [2.75, 3.05) is 18.5 Å². The fourth-order valence-corrected chi connectivity index (χ4v) is 1.64. The highest BCUT2D eigenvalue weighted by atomic mass is 19.4. The second kappa shape index (κ2) is 4.74. The van der Waals surface area contributed by atoms with Crippen LogP contribution in [0.4, 0.5) is 18.9 Å². The number of hydrogen-bond acceptors (Lipinski definition) is 2. The number of hydrogen-bond donors (Lipinski definition) is 1. The van der Waals surface area contributed by atoms with Gasteiger partial charge in [-0.2, -0.15) is 13.2 Å². The normalized spacial score (nSPS) is 13.6. The summed E-state index contributed by atoms with van der Waals surface area (Å²) in [6.45, 7) is 1.32. The van der Waals surface area contributed by atoms with E-state index in [1.165, 1.54) is 11.9 Å². The van der Waals surface area contributed by atoms with E-state index >= 15 is 0 Å². The third-order valence-electron chi connectivity index (χ3n) is 2.56. The first-order chi connectivity index (χ1) is 7.38. The third kappa shape index (κ3) is 2.66. The first kappa shape index (κ1) is 12.8. The molecule has 5 heteroatoms. The van der Waals surface area contributed by atoms with Gasteiger partial charge in [-0.25, -0.2) is 0 Å². The Hall–Kier alpha value is -1.23. The minimum absolute atomic E-state index is 0.450. The molecule has 1 unspecified atom stereocenters. The van der Waals surface area contributed by atoms with E-state index in [9.17, 15) is 13.2 Å². The third-order valence-corrected chi connectivity index (χ3v) is 2.56. The molecule has 16 heavy (non-hydrogen) atoms. The zero-order chi connectivity index (χ0) is 12.3. The van der Waals surface area contributed by atoms with Gasteiger partial charge in [-0.15, -0.1) is 0 Å². The number of likely N-dealkylation sites (N-methyl/N-ethyl adjacent to an activating group) is 1. The van der Waals surface area contributed by atoms with Gasteiger partial charge >= 0.3 is 6.18 Å². The molecule has 0 fully saturated rings. The predicted molar refractivity (Wildman–Crippen MR) is 58.5 cm³/mol. The molecule has 1 aromatic carbocycles. The summed E-state index contributed by atoms with van der Waals surface area (Å²) < 4.78 is 38.0. The standard InChI is InChI=1S/C11H15F3N2/c1-8-5-3-4-6-9(8)16(2)10(7-15)11(12,13)14/h3-6,10H,7,15H2,1-2H3. The van der Waals surface area contributed by atoms with E-state index in [0.29, 0.717) is 5.69 Å². The van der Waals surface area contributed by atoms with Crippen molar-refractivity contribution in [2.24, 2.45) is 5.73 Å². The van der Waals surface area contributed by atoms with Gasteiger partial charge in [0.1, 0.15) is 6.04 Å². The fourth-order valence-electron chi connectivity index (χ4n) is 1.64. The van der Waals surface area contributed by atoms with Crippen molar-refractivity contribution in [3.63, 3.8) is 0 Å². The van der Waals surface area contributed by atoms with Crippen LogP contribution in [0.15, 0.2) is 24.3 Å². The molecular weight excluding hydrogens is 217 g/mol. The summed E-state index contributed by atoms with van der Waals surface area (Å²) >= 11 is 0. The molecule has 1 rings (SSSR count). The molecule has 1 aromatic rings. The molecule has 0 aliphatic carbocycles. The molecule has 90 valence electrons. The number of rotatable bonds is 3. The van der Waals surface area contributed by atoms with Gasteiger partial charge in [0.15, 0.2) is 0 Å². The monoisotopic (exact) mass is 232 g/mol. The summed E-state index contributed by atoms with van der Waals surface area (Å²) in [6, 6.07) is 5.29. The lowest BCUT2D eigenvalue weighted by molar-refractivity contribution is -0.145. The lowest BCUT2D eigenvalue weighted by atomic mass is 10.1. The van der Waals surface area contributed by atoms with Gasteiger partial charge in [-0.3, -0.25) is 0 Å². The van der Waals surface area contributed by atoms with Crippen molar-refractivity contribution in [3.8, 4) is 0 Å². The van der Waals surface area contributed by atoms with Crippen molar-refractivity contribution in [3.05, 3.63) is 29.8 Å². The zero-order valence-corrected chi connectivity index (χ0v) is 9.25. The van der Waals surface area contributed by atoms with Gasteiger partial charge in [0.25, 0.3) is 0 Å². The summed E-state index contributed by atoms with van der Waals surface area (Å²) in [6.07, 6.45) is -4.31. The second-order valence-electron chi connectivity index (χ2n) is 3.69. The molecule has 0 aliphatic rings. The molecule has 2 nitrogen and oxygen atoms in total. The number of nitrogens with zero attached hydrogens (tertiary/aromatic N) is 1. The number of nitrogens with two attached hydrogens (primary N) is 1. The lowest BCUT2D eigenvalue weighted by Crippen LogP contribution is -2.48. The minimum atomic E-state index is -4.31. The highest BCUT2D eigenvalue weighted by molar-refractivity contribution is 5.53. The molecule has 0 aliphatic heterocycles. The summed E-state index contributed by atoms with van der Waals surface area (Å²) in [4.78, 5) is 1.18.